The molecule has 1 aliphatic heterocycles. The first-order valence-electron chi connectivity index (χ1n) is 8.09. The molecular formula is C18H26N2O2. The molecule has 4 heteroatoms. The van der Waals surface area contributed by atoms with Crippen molar-refractivity contribution in [3.8, 4) is 0 Å². The number of unbranched alkanes of at least 4 members (excludes halogenated alkanes) is 1. The van der Waals surface area contributed by atoms with E-state index in [9.17, 15) is 9.59 Å². The fourth-order valence-corrected chi connectivity index (χ4v) is 2.87. The Balaban J connectivity index is 2.18. The molecule has 0 fully saturated rings. The summed E-state index contributed by atoms with van der Waals surface area (Å²) in [5.41, 5.74) is 1.05. The number of para-hydroxylation sites is 1. The number of amides is 2. The lowest BCUT2D eigenvalue weighted by Crippen LogP contribution is -2.51. The van der Waals surface area contributed by atoms with Gasteiger partial charge in [0.15, 0.2) is 0 Å². The SMILES string of the molecule is CCCCNC(=O)C(C)(C)C(=O)N1c2ccccc2CC1C. The second-order valence-corrected chi connectivity index (χ2v) is 6.59. The van der Waals surface area contributed by atoms with E-state index in [4.69, 9.17) is 0 Å². The van der Waals surface area contributed by atoms with Crippen molar-refractivity contribution in [1.82, 2.24) is 5.32 Å². The molecular weight excluding hydrogens is 276 g/mol. The lowest BCUT2D eigenvalue weighted by Gasteiger charge is -2.31. The van der Waals surface area contributed by atoms with Gasteiger partial charge in [0.1, 0.15) is 5.41 Å². The van der Waals surface area contributed by atoms with Crippen LogP contribution >= 0.6 is 0 Å². The van der Waals surface area contributed by atoms with Crippen LogP contribution in [0, 0.1) is 5.41 Å². The number of hydrogen-bond acceptors (Lipinski definition) is 2. The Hall–Kier alpha value is -1.84. The number of carbonyl (C=O) groups excluding carboxylic acids is 2. The maximum Gasteiger partial charge on any atom is 0.242 e. The molecule has 1 unspecified atom stereocenters. The van der Waals surface area contributed by atoms with E-state index in [1.54, 1.807) is 18.7 Å². The van der Waals surface area contributed by atoms with Crippen LogP contribution in [0.3, 0.4) is 0 Å². The molecule has 0 spiro atoms. The van der Waals surface area contributed by atoms with Crippen LogP contribution in [0.25, 0.3) is 0 Å². The molecule has 22 heavy (non-hydrogen) atoms. The molecule has 1 aromatic carbocycles. The third-order valence-electron chi connectivity index (χ3n) is 4.34. The molecule has 0 saturated carbocycles. The molecule has 0 radical (unpaired) electrons. The minimum atomic E-state index is -1.06. The quantitative estimate of drug-likeness (QED) is 0.671. The molecule has 0 aromatic heterocycles. The summed E-state index contributed by atoms with van der Waals surface area (Å²) in [6.07, 6.45) is 2.79. The minimum absolute atomic E-state index is 0.0904. The molecule has 0 saturated heterocycles. The smallest absolute Gasteiger partial charge is 0.242 e. The monoisotopic (exact) mass is 302 g/mol. The first-order valence-corrected chi connectivity index (χ1v) is 8.09. The second-order valence-electron chi connectivity index (χ2n) is 6.59. The number of carbonyl (C=O) groups is 2. The normalized spacial score (nSPS) is 17.3. The molecule has 1 atom stereocenters. The zero-order valence-electron chi connectivity index (χ0n) is 14.0. The van der Waals surface area contributed by atoms with E-state index >= 15 is 0 Å². The summed E-state index contributed by atoms with van der Waals surface area (Å²) >= 11 is 0. The maximum atomic E-state index is 13.0. The summed E-state index contributed by atoms with van der Waals surface area (Å²) in [6.45, 7) is 8.15. The highest BCUT2D eigenvalue weighted by Crippen LogP contribution is 2.35. The molecule has 4 nitrogen and oxygen atoms in total. The molecule has 2 amide bonds. The summed E-state index contributed by atoms with van der Waals surface area (Å²) in [7, 11) is 0. The molecule has 1 aliphatic rings. The Morgan fingerprint density at radius 1 is 1.32 bits per heavy atom. The van der Waals surface area contributed by atoms with Gasteiger partial charge in [0, 0.05) is 18.3 Å². The lowest BCUT2D eigenvalue weighted by atomic mass is 9.89. The molecule has 2 rings (SSSR count). The Labute approximate surface area is 132 Å². The molecule has 1 aromatic rings. The average molecular weight is 302 g/mol. The van der Waals surface area contributed by atoms with E-state index in [0.717, 1.165) is 24.9 Å². The molecule has 120 valence electrons. The van der Waals surface area contributed by atoms with Gasteiger partial charge in [0.25, 0.3) is 0 Å². The van der Waals surface area contributed by atoms with E-state index < -0.39 is 5.41 Å². The molecule has 0 aliphatic carbocycles. The summed E-state index contributed by atoms with van der Waals surface area (Å²) < 4.78 is 0. The fourth-order valence-electron chi connectivity index (χ4n) is 2.87. The minimum Gasteiger partial charge on any atom is -0.355 e. The fraction of sp³-hybridized carbons (Fsp3) is 0.556. The van der Waals surface area contributed by atoms with Crippen LogP contribution in [0.4, 0.5) is 5.69 Å². The number of nitrogens with one attached hydrogen (secondary N) is 1. The Kier molecular flexibility index (Phi) is 4.89. The number of hydrogen-bond donors (Lipinski definition) is 1. The van der Waals surface area contributed by atoms with Gasteiger partial charge in [0.05, 0.1) is 0 Å². The van der Waals surface area contributed by atoms with Gasteiger partial charge in [-0.25, -0.2) is 0 Å². The summed E-state index contributed by atoms with van der Waals surface area (Å²) in [5, 5.41) is 2.88. The first kappa shape index (κ1) is 16.5. The standard InChI is InChI=1S/C18H26N2O2/c1-5-6-11-19-16(21)18(3,4)17(22)20-13(2)12-14-9-7-8-10-15(14)20/h7-10,13H,5-6,11-12H2,1-4H3,(H,19,21). The average Bonchev–Trinajstić information content (AvgIpc) is 2.82. The molecule has 1 N–H and O–H groups in total. The number of anilines is 1. The first-order chi connectivity index (χ1) is 10.4. The topological polar surface area (TPSA) is 49.4 Å². The second kappa shape index (κ2) is 6.51. The zero-order chi connectivity index (χ0) is 16.3. The van der Waals surface area contributed by atoms with Crippen LogP contribution < -0.4 is 10.2 Å². The van der Waals surface area contributed by atoms with Crippen molar-refractivity contribution in [2.75, 3.05) is 11.4 Å². The Morgan fingerprint density at radius 3 is 2.68 bits per heavy atom. The van der Waals surface area contributed by atoms with E-state index in [1.807, 2.05) is 31.2 Å². The van der Waals surface area contributed by atoms with Crippen molar-refractivity contribution in [2.24, 2.45) is 5.41 Å². The van der Waals surface area contributed by atoms with Gasteiger partial charge in [-0.3, -0.25) is 9.59 Å². The van der Waals surface area contributed by atoms with Crippen LogP contribution in [-0.2, 0) is 16.0 Å². The summed E-state index contributed by atoms with van der Waals surface area (Å²) in [6, 6.07) is 8.02. The van der Waals surface area contributed by atoms with Gasteiger partial charge in [-0.1, -0.05) is 31.5 Å². The molecule has 1 heterocycles. The summed E-state index contributed by atoms with van der Waals surface area (Å²) in [4.78, 5) is 27.2. The zero-order valence-corrected chi connectivity index (χ0v) is 14.0. The highest BCUT2D eigenvalue weighted by atomic mass is 16.2. The van der Waals surface area contributed by atoms with Crippen molar-refractivity contribution in [2.45, 2.75) is 53.0 Å². The number of fused-ring (bicyclic) bond motifs is 1. The third kappa shape index (κ3) is 3.01. The van der Waals surface area contributed by atoms with Crippen molar-refractivity contribution >= 4 is 17.5 Å². The third-order valence-corrected chi connectivity index (χ3v) is 4.34. The van der Waals surface area contributed by atoms with Crippen LogP contribution in [0.5, 0.6) is 0 Å². The number of nitrogens with zero attached hydrogens (tertiary/aromatic N) is 1. The van der Waals surface area contributed by atoms with Gasteiger partial charge < -0.3 is 10.2 Å². The summed E-state index contributed by atoms with van der Waals surface area (Å²) in [5.74, 6) is -0.318. The van der Waals surface area contributed by atoms with Crippen LogP contribution in [0.2, 0.25) is 0 Å². The van der Waals surface area contributed by atoms with Gasteiger partial charge in [-0.2, -0.15) is 0 Å². The van der Waals surface area contributed by atoms with Gasteiger partial charge >= 0.3 is 0 Å². The van der Waals surface area contributed by atoms with Crippen molar-refractivity contribution in [3.63, 3.8) is 0 Å². The van der Waals surface area contributed by atoms with E-state index in [1.165, 1.54) is 5.56 Å². The van der Waals surface area contributed by atoms with Crippen molar-refractivity contribution in [1.29, 1.82) is 0 Å². The van der Waals surface area contributed by atoms with Crippen LogP contribution in [0.1, 0.15) is 46.1 Å². The Bertz CT molecular complexity index is 566. The predicted molar refractivity (Wildman–Crippen MR) is 88.8 cm³/mol. The number of rotatable bonds is 5. The van der Waals surface area contributed by atoms with Crippen molar-refractivity contribution in [3.05, 3.63) is 29.8 Å². The number of benzene rings is 1. The van der Waals surface area contributed by atoms with Gasteiger partial charge in [0.2, 0.25) is 11.8 Å². The maximum absolute atomic E-state index is 13.0. The lowest BCUT2D eigenvalue weighted by molar-refractivity contribution is -0.139. The van der Waals surface area contributed by atoms with E-state index in [0.29, 0.717) is 6.54 Å². The van der Waals surface area contributed by atoms with E-state index in [2.05, 4.69) is 12.2 Å². The van der Waals surface area contributed by atoms with Crippen LogP contribution in [-0.4, -0.2) is 24.4 Å². The van der Waals surface area contributed by atoms with E-state index in [-0.39, 0.29) is 17.9 Å². The van der Waals surface area contributed by atoms with Crippen molar-refractivity contribution < 1.29 is 9.59 Å². The molecule has 0 bridgehead atoms. The highest BCUT2D eigenvalue weighted by Gasteiger charge is 2.43. The Morgan fingerprint density at radius 2 is 2.00 bits per heavy atom. The van der Waals surface area contributed by atoms with Gasteiger partial charge in [-0.15, -0.1) is 0 Å². The predicted octanol–water partition coefficient (Wildman–Crippen LogP) is 2.91. The van der Waals surface area contributed by atoms with Crippen LogP contribution in [0.15, 0.2) is 24.3 Å². The highest BCUT2D eigenvalue weighted by molar-refractivity contribution is 6.12. The van der Waals surface area contributed by atoms with Gasteiger partial charge in [-0.05, 0) is 45.2 Å². The largest absolute Gasteiger partial charge is 0.355 e.